The zero-order valence-corrected chi connectivity index (χ0v) is 11.5. The SMILES string of the molecule is CCCCCc1nccn1CCC[SiH3]. The van der Waals surface area contributed by atoms with E-state index in [0.717, 1.165) is 6.42 Å². The molecular weight excluding hydrogens is 188 g/mol. The number of nitrogens with zero attached hydrogens (tertiary/aromatic N) is 2. The first kappa shape index (κ1) is 11.5. The van der Waals surface area contributed by atoms with Crippen LogP contribution in [-0.2, 0) is 13.0 Å². The third-order valence-electron chi connectivity index (χ3n) is 2.56. The van der Waals surface area contributed by atoms with Gasteiger partial charge >= 0.3 is 0 Å². The highest BCUT2D eigenvalue weighted by Crippen LogP contribution is 2.06. The second-order valence-electron chi connectivity index (χ2n) is 3.85. The molecule has 0 amide bonds. The van der Waals surface area contributed by atoms with Crippen molar-refractivity contribution in [3.8, 4) is 0 Å². The summed E-state index contributed by atoms with van der Waals surface area (Å²) in [7, 11) is 1.33. The van der Waals surface area contributed by atoms with Gasteiger partial charge < -0.3 is 4.57 Å². The molecule has 80 valence electrons. The molecule has 0 saturated carbocycles. The normalized spacial score (nSPS) is 10.9. The quantitative estimate of drug-likeness (QED) is 0.495. The molecule has 0 spiro atoms. The van der Waals surface area contributed by atoms with Crippen molar-refractivity contribution in [3.63, 3.8) is 0 Å². The van der Waals surface area contributed by atoms with Crippen LogP contribution in [0.2, 0.25) is 6.04 Å². The van der Waals surface area contributed by atoms with Crippen molar-refractivity contribution in [2.75, 3.05) is 0 Å². The van der Waals surface area contributed by atoms with Gasteiger partial charge in [0.05, 0.1) is 0 Å². The minimum atomic E-state index is 1.15. The van der Waals surface area contributed by atoms with Gasteiger partial charge in [0.15, 0.2) is 0 Å². The lowest BCUT2D eigenvalue weighted by molar-refractivity contribution is 0.609. The summed E-state index contributed by atoms with van der Waals surface area (Å²) < 4.78 is 2.33. The first-order chi connectivity index (χ1) is 6.88. The number of aromatic nitrogens is 2. The highest BCUT2D eigenvalue weighted by atomic mass is 28.1. The molecular formula is C11H22N2Si. The van der Waals surface area contributed by atoms with Crippen molar-refractivity contribution < 1.29 is 0 Å². The van der Waals surface area contributed by atoms with E-state index in [1.807, 2.05) is 6.20 Å². The summed E-state index contributed by atoms with van der Waals surface area (Å²) in [6.45, 7) is 3.42. The number of aryl methyl sites for hydroxylation is 2. The van der Waals surface area contributed by atoms with Crippen molar-refractivity contribution in [1.29, 1.82) is 0 Å². The molecule has 0 aliphatic carbocycles. The largest absolute Gasteiger partial charge is 0.335 e. The zero-order valence-electron chi connectivity index (χ0n) is 9.50. The zero-order chi connectivity index (χ0) is 10.2. The van der Waals surface area contributed by atoms with Crippen molar-refractivity contribution in [2.45, 2.75) is 51.6 Å². The molecule has 1 aromatic heterocycles. The van der Waals surface area contributed by atoms with Crippen LogP contribution in [0.15, 0.2) is 12.4 Å². The summed E-state index contributed by atoms with van der Waals surface area (Å²) in [5, 5.41) is 0. The van der Waals surface area contributed by atoms with E-state index in [-0.39, 0.29) is 0 Å². The van der Waals surface area contributed by atoms with Gasteiger partial charge in [-0.05, 0) is 12.8 Å². The molecule has 0 aliphatic rings. The predicted octanol–water partition coefficient (Wildman–Crippen LogP) is 1.79. The van der Waals surface area contributed by atoms with E-state index in [9.17, 15) is 0 Å². The van der Waals surface area contributed by atoms with Crippen molar-refractivity contribution in [2.24, 2.45) is 0 Å². The van der Waals surface area contributed by atoms with Gasteiger partial charge in [0.2, 0.25) is 0 Å². The van der Waals surface area contributed by atoms with Crippen molar-refractivity contribution in [3.05, 3.63) is 18.2 Å². The minimum absolute atomic E-state index is 1.15. The standard InChI is InChI=1S/C11H22N2Si/c1-2-3-4-6-11-12-7-9-13(11)8-5-10-14/h7,9H,2-6,8,10H2,1,14H3. The van der Waals surface area contributed by atoms with Crippen LogP contribution in [0, 0.1) is 0 Å². The van der Waals surface area contributed by atoms with E-state index in [4.69, 9.17) is 0 Å². The molecule has 0 aliphatic heterocycles. The Kier molecular flexibility index (Phi) is 5.60. The van der Waals surface area contributed by atoms with Crippen molar-refractivity contribution >= 4 is 10.2 Å². The third-order valence-corrected chi connectivity index (χ3v) is 3.27. The number of hydrogen-bond acceptors (Lipinski definition) is 1. The second-order valence-corrected chi connectivity index (χ2v) is 4.85. The molecule has 0 fully saturated rings. The number of hydrogen-bond donors (Lipinski definition) is 0. The topological polar surface area (TPSA) is 17.8 Å². The van der Waals surface area contributed by atoms with Crippen LogP contribution in [-0.4, -0.2) is 19.8 Å². The Bertz CT molecular complexity index is 245. The lowest BCUT2D eigenvalue weighted by atomic mass is 10.2. The molecule has 1 rings (SSSR count). The molecule has 0 atom stereocenters. The van der Waals surface area contributed by atoms with Crippen LogP contribution in [0.1, 0.15) is 38.4 Å². The highest BCUT2D eigenvalue weighted by Gasteiger charge is 2.00. The molecule has 3 heteroatoms. The number of rotatable bonds is 7. The summed E-state index contributed by atoms with van der Waals surface area (Å²) >= 11 is 0. The van der Waals surface area contributed by atoms with Gasteiger partial charge in [0.1, 0.15) is 5.82 Å². The van der Waals surface area contributed by atoms with Crippen molar-refractivity contribution in [1.82, 2.24) is 9.55 Å². The van der Waals surface area contributed by atoms with Crippen LogP contribution in [0.3, 0.4) is 0 Å². The highest BCUT2D eigenvalue weighted by molar-refractivity contribution is 6.08. The maximum atomic E-state index is 4.42. The Morgan fingerprint density at radius 2 is 2.21 bits per heavy atom. The van der Waals surface area contributed by atoms with E-state index in [1.54, 1.807) is 0 Å². The Morgan fingerprint density at radius 3 is 2.93 bits per heavy atom. The lowest BCUT2D eigenvalue weighted by Gasteiger charge is -2.06. The Morgan fingerprint density at radius 1 is 1.36 bits per heavy atom. The van der Waals surface area contributed by atoms with E-state index < -0.39 is 0 Å². The first-order valence-corrected chi connectivity index (χ1v) is 7.30. The van der Waals surface area contributed by atoms with Crippen LogP contribution < -0.4 is 0 Å². The maximum absolute atomic E-state index is 4.42. The van der Waals surface area contributed by atoms with Gasteiger partial charge in [0, 0.05) is 35.6 Å². The smallest absolute Gasteiger partial charge is 0.108 e. The molecule has 14 heavy (non-hydrogen) atoms. The summed E-state index contributed by atoms with van der Waals surface area (Å²) in [4.78, 5) is 4.42. The molecule has 2 nitrogen and oxygen atoms in total. The fraction of sp³-hybridized carbons (Fsp3) is 0.727. The molecule has 0 N–H and O–H groups in total. The fourth-order valence-electron chi connectivity index (χ4n) is 1.63. The fourth-order valence-corrected chi connectivity index (χ4v) is 1.95. The van der Waals surface area contributed by atoms with E-state index >= 15 is 0 Å². The average molecular weight is 210 g/mol. The van der Waals surface area contributed by atoms with E-state index in [2.05, 4.69) is 22.7 Å². The van der Waals surface area contributed by atoms with E-state index in [0.29, 0.717) is 0 Å². The van der Waals surface area contributed by atoms with Crippen LogP contribution in [0.25, 0.3) is 0 Å². The summed E-state index contributed by atoms with van der Waals surface area (Å²) in [6.07, 6.45) is 10.4. The number of imidazole rings is 1. The lowest BCUT2D eigenvalue weighted by Crippen LogP contribution is -2.03. The molecule has 0 bridgehead atoms. The van der Waals surface area contributed by atoms with Gasteiger partial charge in [-0.15, -0.1) is 0 Å². The van der Waals surface area contributed by atoms with Gasteiger partial charge in [-0.3, -0.25) is 0 Å². The van der Waals surface area contributed by atoms with Gasteiger partial charge in [-0.1, -0.05) is 25.8 Å². The Labute approximate surface area is 90.2 Å². The monoisotopic (exact) mass is 210 g/mol. The van der Waals surface area contributed by atoms with Crippen LogP contribution >= 0.6 is 0 Å². The van der Waals surface area contributed by atoms with Gasteiger partial charge in [0.25, 0.3) is 0 Å². The van der Waals surface area contributed by atoms with Crippen LogP contribution in [0.4, 0.5) is 0 Å². The van der Waals surface area contributed by atoms with Gasteiger partial charge in [-0.2, -0.15) is 0 Å². The molecule has 0 aromatic carbocycles. The minimum Gasteiger partial charge on any atom is -0.335 e. The van der Waals surface area contributed by atoms with Crippen LogP contribution in [0.5, 0.6) is 0 Å². The molecule has 1 heterocycles. The van der Waals surface area contributed by atoms with Gasteiger partial charge in [-0.25, -0.2) is 4.98 Å². The molecule has 0 unspecified atom stereocenters. The summed E-state index contributed by atoms with van der Waals surface area (Å²) in [5.74, 6) is 1.29. The first-order valence-electron chi connectivity index (χ1n) is 5.88. The average Bonchev–Trinajstić information content (AvgIpc) is 2.63. The van der Waals surface area contributed by atoms with E-state index in [1.165, 1.54) is 54.3 Å². The Hall–Kier alpha value is -0.573. The third kappa shape index (κ3) is 3.66. The number of unbranched alkanes of at least 4 members (excludes halogenated alkanes) is 2. The summed E-state index contributed by atoms with van der Waals surface area (Å²) in [6, 6.07) is 1.40. The molecule has 0 saturated heterocycles. The summed E-state index contributed by atoms with van der Waals surface area (Å²) in [5.41, 5.74) is 0. The maximum Gasteiger partial charge on any atom is 0.108 e. The molecule has 1 aromatic rings. The predicted molar refractivity (Wildman–Crippen MR) is 64.8 cm³/mol. The molecule has 0 radical (unpaired) electrons. The Balaban J connectivity index is 2.37. The second kappa shape index (κ2) is 6.82.